The summed E-state index contributed by atoms with van der Waals surface area (Å²) < 4.78 is 18.7. The monoisotopic (exact) mass is 393 g/mol. The highest BCUT2D eigenvalue weighted by atomic mass is 19.1. The number of para-hydroxylation sites is 2. The van der Waals surface area contributed by atoms with E-state index in [1.165, 1.54) is 29.2 Å². The maximum Gasteiger partial charge on any atom is 0.238 e. The molecule has 0 bridgehead atoms. The Morgan fingerprint density at radius 3 is 2.52 bits per heavy atom. The minimum absolute atomic E-state index is 0.228. The lowest BCUT2D eigenvalue weighted by Crippen LogP contribution is -2.31. The highest BCUT2D eigenvalue weighted by Gasteiger charge is 2.49. The van der Waals surface area contributed by atoms with Crippen molar-refractivity contribution in [1.29, 1.82) is 0 Å². The van der Waals surface area contributed by atoms with Gasteiger partial charge in [0.15, 0.2) is 12.4 Å². The molecule has 0 unspecified atom stereocenters. The minimum atomic E-state index is -0.426. The number of hydrogen-bond acceptors (Lipinski definition) is 4. The van der Waals surface area contributed by atoms with Crippen molar-refractivity contribution in [1.82, 2.24) is 0 Å². The Balaban J connectivity index is 1.54. The second-order valence-corrected chi connectivity index (χ2v) is 7.40. The van der Waals surface area contributed by atoms with Crippen LogP contribution in [0.5, 0.6) is 5.75 Å². The molecule has 2 aromatic rings. The van der Waals surface area contributed by atoms with Gasteiger partial charge in [0, 0.05) is 5.56 Å². The van der Waals surface area contributed by atoms with Crippen LogP contribution in [0, 0.1) is 17.7 Å². The van der Waals surface area contributed by atoms with Crippen molar-refractivity contribution in [3.63, 3.8) is 0 Å². The maximum absolute atomic E-state index is 13.0. The first-order chi connectivity index (χ1) is 14.0. The fourth-order valence-corrected chi connectivity index (χ4v) is 3.90. The van der Waals surface area contributed by atoms with Crippen molar-refractivity contribution in [2.45, 2.75) is 19.8 Å². The number of ether oxygens (including phenoxy) is 1. The van der Waals surface area contributed by atoms with Gasteiger partial charge in [-0.15, -0.1) is 0 Å². The van der Waals surface area contributed by atoms with Crippen LogP contribution >= 0.6 is 0 Å². The van der Waals surface area contributed by atoms with E-state index in [-0.39, 0.29) is 41.8 Å². The molecule has 1 aliphatic carbocycles. The molecule has 2 amide bonds. The summed E-state index contributed by atoms with van der Waals surface area (Å²) in [7, 11) is 0. The molecule has 2 aromatic carbocycles. The van der Waals surface area contributed by atoms with E-state index < -0.39 is 5.82 Å². The lowest BCUT2D eigenvalue weighted by molar-refractivity contribution is -0.122. The van der Waals surface area contributed by atoms with Crippen molar-refractivity contribution in [3.8, 4) is 5.75 Å². The zero-order valence-corrected chi connectivity index (χ0v) is 15.9. The van der Waals surface area contributed by atoms with Gasteiger partial charge in [-0.05, 0) is 56.2 Å². The van der Waals surface area contributed by atoms with Crippen LogP contribution in [0.4, 0.5) is 10.1 Å². The average molecular weight is 393 g/mol. The van der Waals surface area contributed by atoms with Gasteiger partial charge < -0.3 is 4.74 Å². The predicted molar refractivity (Wildman–Crippen MR) is 105 cm³/mol. The number of allylic oxidation sites excluding steroid dienone is 2. The van der Waals surface area contributed by atoms with Gasteiger partial charge in [0.1, 0.15) is 11.6 Å². The van der Waals surface area contributed by atoms with Gasteiger partial charge in [-0.2, -0.15) is 0 Å². The Kier molecular flexibility index (Phi) is 5.01. The van der Waals surface area contributed by atoms with Gasteiger partial charge in [-0.25, -0.2) is 9.29 Å². The summed E-state index contributed by atoms with van der Waals surface area (Å²) in [5.74, 6) is -1.62. The number of nitrogens with zero attached hydrogens (tertiary/aromatic N) is 1. The summed E-state index contributed by atoms with van der Waals surface area (Å²) in [5, 5.41) is 0. The Morgan fingerprint density at radius 2 is 1.76 bits per heavy atom. The molecule has 0 spiro atoms. The Labute approximate surface area is 167 Å². The van der Waals surface area contributed by atoms with Crippen molar-refractivity contribution in [2.75, 3.05) is 11.5 Å². The van der Waals surface area contributed by atoms with Gasteiger partial charge in [0.2, 0.25) is 11.8 Å². The molecule has 2 atom stereocenters. The first-order valence-electron chi connectivity index (χ1n) is 9.49. The van der Waals surface area contributed by atoms with E-state index in [2.05, 4.69) is 0 Å². The third kappa shape index (κ3) is 3.58. The number of fused-ring (bicyclic) bond motifs is 1. The molecule has 2 aliphatic rings. The lowest BCUT2D eigenvalue weighted by Gasteiger charge is -2.19. The second kappa shape index (κ2) is 7.62. The molecule has 6 heteroatoms. The largest absolute Gasteiger partial charge is 0.483 e. The fourth-order valence-electron chi connectivity index (χ4n) is 3.90. The molecule has 5 nitrogen and oxygen atoms in total. The summed E-state index contributed by atoms with van der Waals surface area (Å²) in [6.45, 7) is 1.68. The van der Waals surface area contributed by atoms with E-state index in [4.69, 9.17) is 4.74 Å². The number of Topliss-reactive ketones (excluding diaryl/α,β-unsaturated/α-hetero) is 1. The molecule has 1 fully saturated rings. The minimum Gasteiger partial charge on any atom is -0.483 e. The first-order valence-corrected chi connectivity index (χ1v) is 9.49. The molecule has 0 saturated carbocycles. The summed E-state index contributed by atoms with van der Waals surface area (Å²) in [5.41, 5.74) is 1.79. The Hall–Kier alpha value is -3.28. The normalized spacial score (nSPS) is 21.0. The number of halogens is 1. The van der Waals surface area contributed by atoms with Crippen LogP contribution in [0.25, 0.3) is 0 Å². The third-order valence-corrected chi connectivity index (χ3v) is 5.45. The summed E-state index contributed by atoms with van der Waals surface area (Å²) in [4.78, 5) is 39.4. The summed E-state index contributed by atoms with van der Waals surface area (Å²) in [6.07, 6.45) is 3.15. The highest BCUT2D eigenvalue weighted by Crippen LogP contribution is 2.42. The van der Waals surface area contributed by atoms with Gasteiger partial charge in [0.25, 0.3) is 0 Å². The first kappa shape index (κ1) is 19.1. The number of carbonyl (C=O) groups excluding carboxylic acids is 3. The van der Waals surface area contributed by atoms with Gasteiger partial charge in [-0.1, -0.05) is 23.8 Å². The molecule has 1 heterocycles. The quantitative estimate of drug-likeness (QED) is 0.439. The zero-order valence-electron chi connectivity index (χ0n) is 15.9. The predicted octanol–water partition coefficient (Wildman–Crippen LogP) is 3.93. The van der Waals surface area contributed by atoms with Gasteiger partial charge in [-0.3, -0.25) is 14.4 Å². The van der Waals surface area contributed by atoms with Crippen molar-refractivity contribution in [2.24, 2.45) is 11.8 Å². The topological polar surface area (TPSA) is 63.7 Å². The molecule has 148 valence electrons. The number of hydrogen-bond donors (Lipinski definition) is 0. The van der Waals surface area contributed by atoms with Crippen LogP contribution in [0.2, 0.25) is 0 Å². The fraction of sp³-hybridized carbons (Fsp3) is 0.261. The summed E-state index contributed by atoms with van der Waals surface area (Å²) in [6, 6.07) is 11.9. The molecule has 1 saturated heterocycles. The van der Waals surface area contributed by atoms with Crippen molar-refractivity contribution >= 4 is 23.3 Å². The SMILES string of the molecule is CC1=CC[C@@H]2C(=O)N(c3ccccc3OCC(=O)c3ccc(F)cc3)C(=O)[C@H]2C1. The van der Waals surface area contributed by atoms with Crippen LogP contribution in [-0.4, -0.2) is 24.2 Å². The number of amides is 2. The van der Waals surface area contributed by atoms with Crippen LogP contribution in [-0.2, 0) is 9.59 Å². The third-order valence-electron chi connectivity index (χ3n) is 5.45. The number of ketones is 1. The van der Waals surface area contributed by atoms with E-state index in [1.807, 2.05) is 13.0 Å². The maximum atomic E-state index is 13.0. The van der Waals surface area contributed by atoms with Crippen LogP contribution in [0.1, 0.15) is 30.1 Å². The molecule has 0 N–H and O–H groups in total. The van der Waals surface area contributed by atoms with E-state index in [1.54, 1.807) is 24.3 Å². The van der Waals surface area contributed by atoms with Gasteiger partial charge >= 0.3 is 0 Å². The summed E-state index contributed by atoms with van der Waals surface area (Å²) >= 11 is 0. The van der Waals surface area contributed by atoms with E-state index in [0.29, 0.717) is 24.1 Å². The molecule has 4 rings (SSSR count). The Morgan fingerprint density at radius 1 is 1.07 bits per heavy atom. The smallest absolute Gasteiger partial charge is 0.238 e. The lowest BCUT2D eigenvalue weighted by atomic mass is 9.82. The van der Waals surface area contributed by atoms with E-state index in [0.717, 1.165) is 5.57 Å². The number of benzene rings is 2. The van der Waals surface area contributed by atoms with E-state index in [9.17, 15) is 18.8 Å². The van der Waals surface area contributed by atoms with E-state index >= 15 is 0 Å². The van der Waals surface area contributed by atoms with Crippen LogP contribution in [0.3, 0.4) is 0 Å². The molecular weight excluding hydrogens is 373 g/mol. The van der Waals surface area contributed by atoms with Crippen LogP contribution < -0.4 is 9.64 Å². The number of carbonyl (C=O) groups is 3. The number of rotatable bonds is 5. The number of anilines is 1. The van der Waals surface area contributed by atoms with Crippen molar-refractivity contribution in [3.05, 3.63) is 71.6 Å². The zero-order chi connectivity index (χ0) is 20.5. The molecular formula is C23H20FNO4. The molecule has 1 aliphatic heterocycles. The Bertz CT molecular complexity index is 1010. The molecule has 0 radical (unpaired) electrons. The average Bonchev–Trinajstić information content (AvgIpc) is 2.96. The standard InChI is InChI=1S/C23H20FNO4/c1-14-6-11-17-18(12-14)23(28)25(22(17)27)19-4-2-3-5-21(19)29-13-20(26)15-7-9-16(24)10-8-15/h2-10,17-18H,11-13H2,1H3/t17-,18-/m0/s1. The second-order valence-electron chi connectivity index (χ2n) is 7.40. The number of imide groups is 1. The van der Waals surface area contributed by atoms with Crippen LogP contribution in [0.15, 0.2) is 60.2 Å². The highest BCUT2D eigenvalue weighted by molar-refractivity contribution is 6.23. The van der Waals surface area contributed by atoms with Crippen molar-refractivity contribution < 1.29 is 23.5 Å². The molecule has 29 heavy (non-hydrogen) atoms. The van der Waals surface area contributed by atoms with Gasteiger partial charge in [0.05, 0.1) is 17.5 Å². The molecule has 0 aromatic heterocycles.